The number of rotatable bonds is 2. The van der Waals surface area contributed by atoms with Gasteiger partial charge in [-0.3, -0.25) is 0 Å². The number of hydrogen-bond donors (Lipinski definition) is 1. The van der Waals surface area contributed by atoms with Crippen LogP contribution in [0.1, 0.15) is 32.3 Å². The summed E-state index contributed by atoms with van der Waals surface area (Å²) in [5, 5.41) is 9.60. The summed E-state index contributed by atoms with van der Waals surface area (Å²) in [7, 11) is 1.73. The second kappa shape index (κ2) is 4.67. The summed E-state index contributed by atoms with van der Waals surface area (Å²) in [5.74, 6) is 0.283. The Labute approximate surface area is 102 Å². The number of methoxy groups -OCH3 is 1. The van der Waals surface area contributed by atoms with Crippen molar-refractivity contribution in [2.45, 2.75) is 44.5 Å². The van der Waals surface area contributed by atoms with Crippen LogP contribution in [-0.2, 0) is 15.1 Å². The topological polar surface area (TPSA) is 38.7 Å². The van der Waals surface area contributed by atoms with E-state index in [0.29, 0.717) is 0 Å². The molecule has 0 saturated carbocycles. The van der Waals surface area contributed by atoms with Gasteiger partial charge in [0.25, 0.3) is 0 Å². The Bertz CT molecular complexity index is 379. The molecule has 0 spiro atoms. The first kappa shape index (κ1) is 12.4. The van der Waals surface area contributed by atoms with Crippen LogP contribution in [-0.4, -0.2) is 24.4 Å². The number of hydrogen-bond acceptors (Lipinski definition) is 3. The first-order chi connectivity index (χ1) is 8.05. The molecule has 1 heterocycles. The monoisotopic (exact) mass is 236 g/mol. The molecule has 3 nitrogen and oxygen atoms in total. The van der Waals surface area contributed by atoms with Gasteiger partial charge in [-0.05, 0) is 31.5 Å². The molecule has 0 bridgehead atoms. The fraction of sp³-hybridized carbons (Fsp3) is 0.571. The first-order valence-corrected chi connectivity index (χ1v) is 6.06. The lowest BCUT2D eigenvalue weighted by Crippen LogP contribution is -2.42. The third-order valence-electron chi connectivity index (χ3n) is 3.46. The highest BCUT2D eigenvalue weighted by Crippen LogP contribution is 2.40. The molecular weight excluding hydrogens is 216 g/mol. The van der Waals surface area contributed by atoms with Crippen molar-refractivity contribution in [3.05, 3.63) is 29.8 Å². The second-order valence-corrected chi connectivity index (χ2v) is 4.91. The standard InChI is InChI=1S/C14H20O3/c1-10-8-14(16-3,9-11(2)17-10)12-5-4-6-13(15)7-12/h4-7,10-11,15H,8-9H2,1-3H3. The number of aromatic hydroxyl groups is 1. The predicted molar refractivity (Wildman–Crippen MR) is 66.0 cm³/mol. The van der Waals surface area contributed by atoms with Crippen molar-refractivity contribution >= 4 is 0 Å². The van der Waals surface area contributed by atoms with E-state index in [0.717, 1.165) is 18.4 Å². The molecule has 1 N–H and O–H groups in total. The molecule has 0 radical (unpaired) electrons. The largest absolute Gasteiger partial charge is 0.508 e. The lowest BCUT2D eigenvalue weighted by molar-refractivity contribution is -0.152. The molecule has 2 unspecified atom stereocenters. The predicted octanol–water partition coefficient (Wildman–Crippen LogP) is 2.82. The second-order valence-electron chi connectivity index (χ2n) is 4.91. The quantitative estimate of drug-likeness (QED) is 0.858. The Morgan fingerprint density at radius 2 is 1.94 bits per heavy atom. The number of phenols is 1. The molecule has 2 atom stereocenters. The molecule has 0 aromatic heterocycles. The zero-order valence-electron chi connectivity index (χ0n) is 10.6. The van der Waals surface area contributed by atoms with Crippen LogP contribution in [0.15, 0.2) is 24.3 Å². The zero-order valence-corrected chi connectivity index (χ0v) is 10.6. The molecule has 1 fully saturated rings. The molecule has 3 heteroatoms. The molecule has 17 heavy (non-hydrogen) atoms. The maximum absolute atomic E-state index is 9.60. The Morgan fingerprint density at radius 3 is 2.47 bits per heavy atom. The minimum absolute atomic E-state index is 0.168. The van der Waals surface area contributed by atoms with Crippen molar-refractivity contribution in [3.8, 4) is 5.75 Å². The van der Waals surface area contributed by atoms with Gasteiger partial charge in [-0.15, -0.1) is 0 Å². The van der Waals surface area contributed by atoms with Crippen LogP contribution in [0.3, 0.4) is 0 Å². The highest BCUT2D eigenvalue weighted by atomic mass is 16.5. The van der Waals surface area contributed by atoms with Gasteiger partial charge < -0.3 is 14.6 Å². The summed E-state index contributed by atoms with van der Waals surface area (Å²) in [6.45, 7) is 4.12. The van der Waals surface area contributed by atoms with Gasteiger partial charge in [-0.2, -0.15) is 0 Å². The Kier molecular flexibility index (Phi) is 3.40. The first-order valence-electron chi connectivity index (χ1n) is 6.06. The molecule has 0 amide bonds. The summed E-state index contributed by atoms with van der Waals surface area (Å²) in [6, 6.07) is 7.33. The Balaban J connectivity index is 2.36. The highest BCUT2D eigenvalue weighted by Gasteiger charge is 2.40. The van der Waals surface area contributed by atoms with E-state index < -0.39 is 0 Å². The van der Waals surface area contributed by atoms with Gasteiger partial charge >= 0.3 is 0 Å². The van der Waals surface area contributed by atoms with E-state index in [1.54, 1.807) is 19.2 Å². The van der Waals surface area contributed by atoms with E-state index in [1.807, 2.05) is 12.1 Å². The number of benzene rings is 1. The molecule has 1 aliphatic rings. The normalized spacial score (nSPS) is 33.6. The molecule has 1 saturated heterocycles. The SMILES string of the molecule is COC1(c2cccc(O)c2)CC(C)OC(C)C1. The van der Waals surface area contributed by atoms with Crippen LogP contribution in [0.25, 0.3) is 0 Å². The van der Waals surface area contributed by atoms with E-state index in [4.69, 9.17) is 9.47 Å². The van der Waals surface area contributed by atoms with Gasteiger partial charge in [0.05, 0.1) is 17.8 Å². The Hall–Kier alpha value is -1.06. The highest BCUT2D eigenvalue weighted by molar-refractivity contribution is 5.32. The summed E-state index contributed by atoms with van der Waals surface area (Å²) >= 11 is 0. The van der Waals surface area contributed by atoms with Crippen molar-refractivity contribution < 1.29 is 14.6 Å². The third kappa shape index (κ3) is 2.45. The summed E-state index contributed by atoms with van der Waals surface area (Å²) < 4.78 is 11.5. The fourth-order valence-corrected chi connectivity index (χ4v) is 2.81. The van der Waals surface area contributed by atoms with Crippen LogP contribution in [0.5, 0.6) is 5.75 Å². The molecule has 1 aromatic rings. The van der Waals surface area contributed by atoms with Crippen molar-refractivity contribution in [3.63, 3.8) is 0 Å². The molecule has 2 rings (SSSR count). The average Bonchev–Trinajstić information content (AvgIpc) is 2.27. The van der Waals surface area contributed by atoms with E-state index >= 15 is 0 Å². The van der Waals surface area contributed by atoms with E-state index in [2.05, 4.69) is 13.8 Å². The van der Waals surface area contributed by atoms with Crippen molar-refractivity contribution in [2.75, 3.05) is 7.11 Å². The zero-order chi connectivity index (χ0) is 12.5. The maximum Gasteiger partial charge on any atom is 0.115 e. The average molecular weight is 236 g/mol. The van der Waals surface area contributed by atoms with Crippen LogP contribution in [0, 0.1) is 0 Å². The van der Waals surface area contributed by atoms with Crippen molar-refractivity contribution in [1.29, 1.82) is 0 Å². The number of ether oxygens (including phenoxy) is 2. The molecule has 94 valence electrons. The van der Waals surface area contributed by atoms with Crippen LogP contribution < -0.4 is 0 Å². The van der Waals surface area contributed by atoms with Gasteiger partial charge in [0.2, 0.25) is 0 Å². The van der Waals surface area contributed by atoms with E-state index in [1.165, 1.54) is 0 Å². The fourth-order valence-electron chi connectivity index (χ4n) is 2.81. The van der Waals surface area contributed by atoms with E-state index in [-0.39, 0.29) is 23.6 Å². The lowest BCUT2D eigenvalue weighted by Gasteiger charge is -2.42. The van der Waals surface area contributed by atoms with Crippen LogP contribution in [0.2, 0.25) is 0 Å². The van der Waals surface area contributed by atoms with Gasteiger partial charge in [0.15, 0.2) is 0 Å². The molecule has 1 aliphatic heterocycles. The smallest absolute Gasteiger partial charge is 0.115 e. The maximum atomic E-state index is 9.60. The van der Waals surface area contributed by atoms with Crippen molar-refractivity contribution in [1.82, 2.24) is 0 Å². The van der Waals surface area contributed by atoms with Crippen molar-refractivity contribution in [2.24, 2.45) is 0 Å². The summed E-state index contributed by atoms with van der Waals surface area (Å²) in [4.78, 5) is 0. The molecule has 0 aliphatic carbocycles. The van der Waals surface area contributed by atoms with Crippen LogP contribution >= 0.6 is 0 Å². The summed E-state index contributed by atoms with van der Waals surface area (Å²) in [5.41, 5.74) is 0.692. The van der Waals surface area contributed by atoms with Crippen LogP contribution in [0.4, 0.5) is 0 Å². The molecular formula is C14H20O3. The van der Waals surface area contributed by atoms with Gasteiger partial charge in [0, 0.05) is 20.0 Å². The minimum atomic E-state index is -0.337. The van der Waals surface area contributed by atoms with E-state index in [9.17, 15) is 5.11 Å². The summed E-state index contributed by atoms with van der Waals surface area (Å²) in [6.07, 6.45) is 1.97. The third-order valence-corrected chi connectivity index (χ3v) is 3.46. The Morgan fingerprint density at radius 1 is 1.29 bits per heavy atom. The number of phenolic OH excluding ortho intramolecular Hbond substituents is 1. The van der Waals surface area contributed by atoms with Gasteiger partial charge in [-0.25, -0.2) is 0 Å². The molecule has 1 aromatic carbocycles. The lowest BCUT2D eigenvalue weighted by atomic mass is 9.81. The minimum Gasteiger partial charge on any atom is -0.508 e. The van der Waals surface area contributed by atoms with Gasteiger partial charge in [0.1, 0.15) is 5.75 Å². The van der Waals surface area contributed by atoms with Gasteiger partial charge in [-0.1, -0.05) is 12.1 Å².